The summed E-state index contributed by atoms with van der Waals surface area (Å²) in [7, 11) is 0. The van der Waals surface area contributed by atoms with Crippen LogP contribution in [0.3, 0.4) is 0 Å². The Bertz CT molecular complexity index is 2130. The fourth-order valence-electron chi connectivity index (χ4n) is 7.16. The maximum atomic E-state index is 15.1. The molecule has 3 aromatic heterocycles. The molecule has 1 unspecified atom stereocenters. The summed E-state index contributed by atoms with van der Waals surface area (Å²) in [5.41, 5.74) is 5.56. The van der Waals surface area contributed by atoms with Gasteiger partial charge < -0.3 is 15.0 Å². The molecule has 10 nitrogen and oxygen atoms in total. The number of aryl methyl sites for hydroxylation is 2. The van der Waals surface area contributed by atoms with E-state index in [-0.39, 0.29) is 24.1 Å². The molecule has 2 amide bonds. The second-order valence-electron chi connectivity index (χ2n) is 14.4. The van der Waals surface area contributed by atoms with Crippen LogP contribution in [-0.4, -0.2) is 42.7 Å². The van der Waals surface area contributed by atoms with Crippen LogP contribution in [0.2, 0.25) is 0 Å². The number of aromatic nitrogens is 4. The number of nitrogens with one attached hydrogen (secondary N) is 2. The minimum absolute atomic E-state index is 0.0261. The van der Waals surface area contributed by atoms with E-state index in [2.05, 4.69) is 39.8 Å². The van der Waals surface area contributed by atoms with Gasteiger partial charge in [0.1, 0.15) is 5.60 Å². The topological polar surface area (TPSA) is 130 Å². The van der Waals surface area contributed by atoms with Gasteiger partial charge in [0.05, 0.1) is 47.0 Å². The Balaban J connectivity index is 1.24. The van der Waals surface area contributed by atoms with Crippen molar-refractivity contribution in [1.82, 2.24) is 30.4 Å². The van der Waals surface area contributed by atoms with E-state index in [1.165, 1.54) is 5.56 Å². The van der Waals surface area contributed by atoms with Gasteiger partial charge in [-0.25, -0.2) is 9.89 Å². The molecular formula is C40H42N6O4. The molecule has 0 radical (unpaired) electrons. The first-order chi connectivity index (χ1) is 24.0. The molecule has 1 fully saturated rings. The molecule has 0 saturated heterocycles. The number of carbonyl (C=O) groups is 2. The summed E-state index contributed by atoms with van der Waals surface area (Å²) in [6.07, 6.45) is 5.28. The Morgan fingerprint density at radius 2 is 1.82 bits per heavy atom. The number of ether oxygens (including phenoxy) is 1. The molecule has 0 bridgehead atoms. The molecule has 2 aromatic carbocycles. The summed E-state index contributed by atoms with van der Waals surface area (Å²) < 4.78 is 5.40. The minimum atomic E-state index is -0.766. The molecule has 1 saturated carbocycles. The van der Waals surface area contributed by atoms with Crippen molar-refractivity contribution in [2.24, 2.45) is 0 Å². The molecule has 3 heterocycles. The van der Waals surface area contributed by atoms with Gasteiger partial charge in [-0.2, -0.15) is 5.10 Å². The molecule has 0 aliphatic heterocycles. The number of amides is 2. The van der Waals surface area contributed by atoms with Gasteiger partial charge in [-0.15, -0.1) is 0 Å². The van der Waals surface area contributed by atoms with Crippen molar-refractivity contribution in [1.29, 1.82) is 0 Å². The zero-order chi connectivity index (χ0) is 35.0. The van der Waals surface area contributed by atoms with E-state index in [9.17, 15) is 9.59 Å². The van der Waals surface area contributed by atoms with Crippen LogP contribution in [-0.2, 0) is 34.5 Å². The van der Waals surface area contributed by atoms with Gasteiger partial charge in [-0.05, 0) is 101 Å². The molecule has 50 heavy (non-hydrogen) atoms. The Kier molecular flexibility index (Phi) is 8.71. The lowest BCUT2D eigenvalue weighted by atomic mass is 9.87. The quantitative estimate of drug-likeness (QED) is 0.185. The minimum Gasteiger partial charge on any atom is -0.444 e. The third-order valence-electron chi connectivity index (χ3n) is 9.74. The second kappa shape index (κ2) is 13.2. The zero-order valence-corrected chi connectivity index (χ0v) is 29.0. The maximum Gasteiger partial charge on any atom is 0.407 e. The van der Waals surface area contributed by atoms with Crippen molar-refractivity contribution in [3.05, 3.63) is 123 Å². The van der Waals surface area contributed by atoms with Crippen LogP contribution in [0, 0.1) is 6.92 Å². The first kappa shape index (κ1) is 33.1. The Morgan fingerprint density at radius 3 is 2.56 bits per heavy atom. The summed E-state index contributed by atoms with van der Waals surface area (Å²) in [4.78, 5) is 52.1. The number of pyridine rings is 2. The third kappa shape index (κ3) is 6.62. The molecule has 10 heteroatoms. The molecule has 2 aliphatic rings. The van der Waals surface area contributed by atoms with Crippen molar-refractivity contribution in [2.75, 3.05) is 0 Å². The maximum absolute atomic E-state index is 15.1. The fraction of sp³-hybridized carbons (Fsp3) is 0.350. The van der Waals surface area contributed by atoms with E-state index in [0.29, 0.717) is 35.9 Å². The van der Waals surface area contributed by atoms with Crippen molar-refractivity contribution < 1.29 is 14.3 Å². The van der Waals surface area contributed by atoms with Gasteiger partial charge in [0.25, 0.3) is 5.56 Å². The zero-order valence-electron chi connectivity index (χ0n) is 29.0. The molecule has 2 N–H and O–H groups in total. The third-order valence-corrected chi connectivity index (χ3v) is 9.74. The van der Waals surface area contributed by atoms with Crippen LogP contribution in [0.25, 0.3) is 21.9 Å². The average Bonchev–Trinajstić information content (AvgIpc) is 3.92. The first-order valence-corrected chi connectivity index (χ1v) is 17.3. The van der Waals surface area contributed by atoms with Crippen LogP contribution in [0.5, 0.6) is 0 Å². The summed E-state index contributed by atoms with van der Waals surface area (Å²) in [6, 6.07) is 23.7. The number of benzene rings is 2. The van der Waals surface area contributed by atoms with E-state index in [0.717, 1.165) is 53.0 Å². The molecular weight excluding hydrogens is 628 g/mol. The predicted octanol–water partition coefficient (Wildman–Crippen LogP) is 6.85. The summed E-state index contributed by atoms with van der Waals surface area (Å²) in [5, 5.41) is 10.6. The molecule has 1 atom stereocenters. The smallest absolute Gasteiger partial charge is 0.407 e. The number of aromatic amines is 1. The number of nitrogens with zero attached hydrogens (tertiary/aromatic N) is 4. The first-order valence-electron chi connectivity index (χ1n) is 17.3. The second-order valence-corrected chi connectivity index (χ2v) is 14.4. The van der Waals surface area contributed by atoms with Gasteiger partial charge in [0.15, 0.2) is 0 Å². The SMILES string of the molecule is Cc1nc(CN(C(=O)C2(c3ccc4c(=O)[nH]nc(CNC(=O)OC(C)(C)C)c4c3)CC2)C2CCCc3cccnc32)ccc1-c1ccccc1. The fourth-order valence-corrected chi connectivity index (χ4v) is 7.16. The Morgan fingerprint density at radius 1 is 1.02 bits per heavy atom. The van der Waals surface area contributed by atoms with E-state index in [1.807, 2.05) is 60.5 Å². The van der Waals surface area contributed by atoms with E-state index >= 15 is 4.79 Å². The summed E-state index contributed by atoms with van der Waals surface area (Å²) in [6.45, 7) is 7.78. The van der Waals surface area contributed by atoms with E-state index in [4.69, 9.17) is 14.7 Å². The molecule has 0 spiro atoms. The van der Waals surface area contributed by atoms with Gasteiger partial charge >= 0.3 is 6.09 Å². The van der Waals surface area contributed by atoms with Crippen LogP contribution >= 0.6 is 0 Å². The number of H-pyrrole nitrogens is 1. The Hall–Kier alpha value is -5.38. The van der Waals surface area contributed by atoms with Crippen LogP contribution in [0.1, 0.15) is 86.4 Å². The Labute approximate surface area is 291 Å². The molecule has 5 aromatic rings. The normalized spacial score (nSPS) is 16.4. The summed E-state index contributed by atoms with van der Waals surface area (Å²) in [5.74, 6) is 0.0261. The van der Waals surface area contributed by atoms with Gasteiger partial charge in [-0.1, -0.05) is 48.5 Å². The van der Waals surface area contributed by atoms with Crippen LogP contribution in [0.15, 0.2) is 83.8 Å². The van der Waals surface area contributed by atoms with Gasteiger partial charge in [0.2, 0.25) is 5.91 Å². The number of hydrogen-bond acceptors (Lipinski definition) is 7. The van der Waals surface area contributed by atoms with Crippen LogP contribution in [0.4, 0.5) is 4.79 Å². The molecule has 7 rings (SSSR count). The number of fused-ring (bicyclic) bond motifs is 2. The highest BCUT2D eigenvalue weighted by atomic mass is 16.6. The van der Waals surface area contributed by atoms with E-state index in [1.54, 1.807) is 26.8 Å². The van der Waals surface area contributed by atoms with Crippen molar-refractivity contribution in [3.8, 4) is 11.1 Å². The number of rotatable bonds is 8. The van der Waals surface area contributed by atoms with Gasteiger partial charge in [0, 0.05) is 22.8 Å². The van der Waals surface area contributed by atoms with Crippen LogP contribution < -0.4 is 10.9 Å². The van der Waals surface area contributed by atoms with Crippen molar-refractivity contribution in [3.63, 3.8) is 0 Å². The highest BCUT2D eigenvalue weighted by molar-refractivity contribution is 5.94. The predicted molar refractivity (Wildman–Crippen MR) is 191 cm³/mol. The van der Waals surface area contributed by atoms with E-state index < -0.39 is 17.1 Å². The average molecular weight is 671 g/mol. The van der Waals surface area contributed by atoms with Crippen molar-refractivity contribution in [2.45, 2.75) is 89.9 Å². The highest BCUT2D eigenvalue weighted by Crippen LogP contribution is 2.52. The lowest BCUT2D eigenvalue weighted by molar-refractivity contribution is -0.137. The lowest BCUT2D eigenvalue weighted by Gasteiger charge is -2.37. The standard InChI is InChI=1S/C40H42N6O4/c1-25-30(26-10-6-5-7-11-26)18-16-29(43-25)24-46(34-14-8-12-27-13-9-21-41-35(27)34)37(48)40(19-20-40)28-15-17-31-32(22-28)33(44-45-36(31)47)23-42-38(49)50-39(2,3)4/h5-7,9-11,13,15-18,21-22,34H,8,12,14,19-20,23-24H2,1-4H3,(H,42,49)(H,45,47). The molecule has 2 aliphatic carbocycles. The van der Waals surface area contributed by atoms with Crippen molar-refractivity contribution >= 4 is 22.8 Å². The van der Waals surface area contributed by atoms with Gasteiger partial charge in [-0.3, -0.25) is 19.6 Å². The largest absolute Gasteiger partial charge is 0.444 e. The number of hydrogen-bond donors (Lipinski definition) is 2. The highest BCUT2D eigenvalue weighted by Gasteiger charge is 2.54. The summed E-state index contributed by atoms with van der Waals surface area (Å²) >= 11 is 0. The molecule has 256 valence electrons. The lowest BCUT2D eigenvalue weighted by Crippen LogP contribution is -2.43. The number of carbonyl (C=O) groups excluding carboxylic acids is 2. The number of alkyl carbamates (subject to hydrolysis) is 1. The monoisotopic (exact) mass is 670 g/mol.